The average molecular weight is 479 g/mol. The second-order valence-corrected chi connectivity index (χ2v) is 9.54. The summed E-state index contributed by atoms with van der Waals surface area (Å²) in [4.78, 5) is 16.9. The van der Waals surface area contributed by atoms with Gasteiger partial charge in [-0.2, -0.15) is 22.6 Å². The van der Waals surface area contributed by atoms with E-state index in [4.69, 9.17) is 0 Å². The molecule has 2 aromatic carbocycles. The van der Waals surface area contributed by atoms with Crippen LogP contribution in [0.1, 0.15) is 24.0 Å². The van der Waals surface area contributed by atoms with Crippen LogP contribution in [0.2, 0.25) is 0 Å². The Balaban J connectivity index is 1.65. The van der Waals surface area contributed by atoms with Crippen LogP contribution >= 0.6 is 0 Å². The number of amides is 1. The van der Waals surface area contributed by atoms with E-state index in [1.807, 2.05) is 6.92 Å². The number of rotatable bonds is 5. The lowest BCUT2D eigenvalue weighted by Crippen LogP contribution is -2.43. The quantitative estimate of drug-likeness (QED) is 0.605. The molecule has 1 aromatic heterocycles. The SMILES string of the molecule is Cc1ccc(S(=O)(=O)N2CCC[C@H]2C(=O)Nc2cc(C(F)(F)F)ccc2-n2cncn2)cc1. The molecule has 1 aliphatic rings. The number of hydrogen-bond acceptors (Lipinski definition) is 5. The number of sulfonamides is 1. The summed E-state index contributed by atoms with van der Waals surface area (Å²) in [5.41, 5.74) is -0.0632. The molecule has 1 N–H and O–H groups in total. The first-order valence-corrected chi connectivity index (χ1v) is 11.5. The molecule has 0 saturated carbocycles. The number of halogens is 3. The minimum atomic E-state index is -4.63. The van der Waals surface area contributed by atoms with Crippen molar-refractivity contribution in [1.82, 2.24) is 19.1 Å². The van der Waals surface area contributed by atoms with Crippen molar-refractivity contribution in [3.05, 3.63) is 66.2 Å². The Bertz CT molecular complexity index is 1260. The van der Waals surface area contributed by atoms with Crippen LogP contribution in [0.5, 0.6) is 0 Å². The van der Waals surface area contributed by atoms with Crippen molar-refractivity contribution in [2.75, 3.05) is 11.9 Å². The van der Waals surface area contributed by atoms with Gasteiger partial charge in [0.2, 0.25) is 15.9 Å². The van der Waals surface area contributed by atoms with Gasteiger partial charge in [-0.1, -0.05) is 17.7 Å². The number of carbonyl (C=O) groups is 1. The Hall–Kier alpha value is -3.25. The normalized spacial score (nSPS) is 17.3. The van der Waals surface area contributed by atoms with Crippen LogP contribution in [0.3, 0.4) is 0 Å². The third-order valence-corrected chi connectivity index (χ3v) is 7.30. The van der Waals surface area contributed by atoms with Gasteiger partial charge in [0.05, 0.1) is 21.8 Å². The molecule has 33 heavy (non-hydrogen) atoms. The van der Waals surface area contributed by atoms with Crippen LogP contribution in [0.15, 0.2) is 60.0 Å². The molecule has 4 rings (SSSR count). The minimum absolute atomic E-state index is 0.0511. The van der Waals surface area contributed by atoms with E-state index in [1.54, 1.807) is 12.1 Å². The van der Waals surface area contributed by atoms with E-state index in [0.717, 1.165) is 22.0 Å². The Kier molecular flexibility index (Phi) is 5.97. The largest absolute Gasteiger partial charge is 0.416 e. The zero-order valence-corrected chi connectivity index (χ0v) is 18.3. The molecule has 2 heterocycles. The molecule has 1 saturated heterocycles. The number of nitrogens with one attached hydrogen (secondary N) is 1. The molecule has 0 bridgehead atoms. The van der Waals surface area contributed by atoms with Gasteiger partial charge in [0.15, 0.2) is 0 Å². The molecule has 1 atom stereocenters. The summed E-state index contributed by atoms with van der Waals surface area (Å²) in [5.74, 6) is -0.719. The number of hydrogen-bond donors (Lipinski definition) is 1. The topological polar surface area (TPSA) is 97.2 Å². The van der Waals surface area contributed by atoms with Gasteiger partial charge in [-0.25, -0.2) is 18.1 Å². The highest BCUT2D eigenvalue weighted by atomic mass is 32.2. The Morgan fingerprint density at radius 2 is 1.88 bits per heavy atom. The van der Waals surface area contributed by atoms with Crippen LogP contribution in [0, 0.1) is 6.92 Å². The van der Waals surface area contributed by atoms with Gasteiger partial charge < -0.3 is 5.32 Å². The van der Waals surface area contributed by atoms with E-state index in [9.17, 15) is 26.4 Å². The fourth-order valence-corrected chi connectivity index (χ4v) is 5.35. The van der Waals surface area contributed by atoms with Crippen LogP contribution in [0.25, 0.3) is 5.69 Å². The fraction of sp³-hybridized carbons (Fsp3) is 0.286. The third kappa shape index (κ3) is 4.62. The number of nitrogens with zero attached hydrogens (tertiary/aromatic N) is 4. The smallest absolute Gasteiger partial charge is 0.323 e. The predicted octanol–water partition coefficient (Wildman–Crippen LogP) is 3.39. The van der Waals surface area contributed by atoms with Crippen molar-refractivity contribution in [2.45, 2.75) is 36.9 Å². The third-order valence-electron chi connectivity index (χ3n) is 5.38. The highest BCUT2D eigenvalue weighted by Crippen LogP contribution is 2.34. The van der Waals surface area contributed by atoms with E-state index >= 15 is 0 Å². The van der Waals surface area contributed by atoms with Crippen LogP contribution in [0.4, 0.5) is 18.9 Å². The number of carbonyl (C=O) groups excluding carboxylic acids is 1. The lowest BCUT2D eigenvalue weighted by Gasteiger charge is -2.24. The van der Waals surface area contributed by atoms with Crippen molar-refractivity contribution in [2.24, 2.45) is 0 Å². The molecule has 0 spiro atoms. The van der Waals surface area contributed by atoms with Crippen molar-refractivity contribution >= 4 is 21.6 Å². The highest BCUT2D eigenvalue weighted by Gasteiger charge is 2.40. The first kappa shape index (κ1) is 22.9. The zero-order valence-electron chi connectivity index (χ0n) is 17.5. The lowest BCUT2D eigenvalue weighted by molar-refractivity contribution is -0.137. The molecule has 8 nitrogen and oxygen atoms in total. The summed E-state index contributed by atoms with van der Waals surface area (Å²) >= 11 is 0. The molecular formula is C21H20F3N5O3S. The van der Waals surface area contributed by atoms with Crippen LogP contribution in [-0.4, -0.2) is 46.0 Å². The van der Waals surface area contributed by atoms with Crippen molar-refractivity contribution < 1.29 is 26.4 Å². The van der Waals surface area contributed by atoms with Gasteiger partial charge in [0.25, 0.3) is 0 Å². The summed E-state index contributed by atoms with van der Waals surface area (Å²) < 4.78 is 68.4. The average Bonchev–Trinajstić information content (AvgIpc) is 3.46. The number of benzene rings is 2. The summed E-state index contributed by atoms with van der Waals surface area (Å²) in [5, 5.41) is 6.39. The monoisotopic (exact) mass is 479 g/mol. The summed E-state index contributed by atoms with van der Waals surface area (Å²) in [6.07, 6.45) is -1.46. The van der Waals surface area contributed by atoms with Gasteiger partial charge in [0, 0.05) is 6.54 Å². The molecule has 0 radical (unpaired) electrons. The minimum Gasteiger partial charge on any atom is -0.323 e. The second-order valence-electron chi connectivity index (χ2n) is 7.65. The van der Waals surface area contributed by atoms with Gasteiger partial charge in [-0.15, -0.1) is 0 Å². The Labute approximate surface area is 188 Å². The van der Waals surface area contributed by atoms with E-state index < -0.39 is 33.7 Å². The maximum absolute atomic E-state index is 13.3. The van der Waals surface area contributed by atoms with Gasteiger partial charge in [0.1, 0.15) is 18.7 Å². The fourth-order valence-electron chi connectivity index (χ4n) is 3.70. The predicted molar refractivity (Wildman–Crippen MR) is 113 cm³/mol. The zero-order chi connectivity index (χ0) is 23.8. The van der Waals surface area contributed by atoms with Gasteiger partial charge >= 0.3 is 6.18 Å². The molecule has 1 fully saturated rings. The molecule has 1 aliphatic heterocycles. The molecule has 174 valence electrons. The molecular weight excluding hydrogens is 459 g/mol. The highest BCUT2D eigenvalue weighted by molar-refractivity contribution is 7.89. The molecule has 0 unspecified atom stereocenters. The number of alkyl halides is 3. The van der Waals surface area contributed by atoms with Crippen LogP contribution in [-0.2, 0) is 21.0 Å². The Morgan fingerprint density at radius 3 is 2.52 bits per heavy atom. The van der Waals surface area contributed by atoms with E-state index in [-0.39, 0.29) is 29.2 Å². The summed E-state index contributed by atoms with van der Waals surface area (Å²) in [6.45, 7) is 1.96. The van der Waals surface area contributed by atoms with Crippen molar-refractivity contribution in [3.63, 3.8) is 0 Å². The second kappa shape index (κ2) is 8.60. The van der Waals surface area contributed by atoms with Crippen molar-refractivity contribution in [1.29, 1.82) is 0 Å². The standard InChI is InChI=1S/C21H20F3N5O3S/c1-14-4-7-16(8-5-14)33(31,32)29-10-2-3-19(29)20(30)27-17-11-15(21(22,23)24)6-9-18(17)28-13-25-12-26-28/h4-9,11-13,19H,2-3,10H2,1H3,(H,27,30)/t19-/m0/s1. The number of aryl methyl sites for hydroxylation is 1. The molecule has 3 aromatic rings. The van der Waals surface area contributed by atoms with E-state index in [0.29, 0.717) is 6.42 Å². The van der Waals surface area contributed by atoms with Crippen molar-refractivity contribution in [3.8, 4) is 5.69 Å². The maximum atomic E-state index is 13.3. The Morgan fingerprint density at radius 1 is 1.15 bits per heavy atom. The number of aromatic nitrogens is 3. The summed E-state index contributed by atoms with van der Waals surface area (Å²) in [6, 6.07) is 8.02. The van der Waals surface area contributed by atoms with Gasteiger partial charge in [-0.05, 0) is 50.1 Å². The molecule has 1 amide bonds. The number of anilines is 1. The lowest BCUT2D eigenvalue weighted by atomic mass is 10.1. The molecule has 12 heteroatoms. The van der Waals surface area contributed by atoms with E-state index in [1.165, 1.54) is 35.5 Å². The van der Waals surface area contributed by atoms with E-state index in [2.05, 4.69) is 15.4 Å². The first-order valence-electron chi connectivity index (χ1n) is 10.0. The first-order chi connectivity index (χ1) is 15.6. The maximum Gasteiger partial charge on any atom is 0.416 e. The van der Waals surface area contributed by atoms with Gasteiger partial charge in [-0.3, -0.25) is 4.79 Å². The molecule has 0 aliphatic carbocycles. The summed E-state index contributed by atoms with van der Waals surface area (Å²) in [7, 11) is -3.96. The van der Waals surface area contributed by atoms with Crippen LogP contribution < -0.4 is 5.32 Å².